The highest BCUT2D eigenvalue weighted by molar-refractivity contribution is 7.90. The molecule has 0 spiro atoms. The third-order valence-corrected chi connectivity index (χ3v) is 4.24. The molecule has 1 aromatic rings. The second kappa shape index (κ2) is 4.78. The second-order valence-electron chi connectivity index (χ2n) is 4.87. The van der Waals surface area contributed by atoms with E-state index in [0.717, 1.165) is 27.8 Å². The maximum absolute atomic E-state index is 11.3. The molecule has 1 atom stereocenters. The summed E-state index contributed by atoms with van der Waals surface area (Å²) in [6.45, 7) is 8.05. The van der Waals surface area contributed by atoms with Gasteiger partial charge in [-0.1, -0.05) is 6.07 Å². The zero-order chi connectivity index (χ0) is 13.4. The molecule has 96 valence electrons. The average molecular weight is 255 g/mol. The van der Waals surface area contributed by atoms with E-state index in [2.05, 4.69) is 6.07 Å². The van der Waals surface area contributed by atoms with Gasteiger partial charge in [0.15, 0.2) is 0 Å². The van der Waals surface area contributed by atoms with E-state index in [1.807, 2.05) is 27.7 Å². The fourth-order valence-corrected chi connectivity index (χ4v) is 3.03. The molecule has 0 saturated carbocycles. The number of hydrogen-bond acceptors (Lipinski definition) is 3. The molecule has 4 heteroatoms. The van der Waals surface area contributed by atoms with Gasteiger partial charge in [0.05, 0.1) is 5.75 Å². The zero-order valence-corrected chi connectivity index (χ0v) is 12.0. The quantitative estimate of drug-likeness (QED) is 0.898. The van der Waals surface area contributed by atoms with Crippen molar-refractivity contribution >= 4 is 9.84 Å². The summed E-state index contributed by atoms with van der Waals surface area (Å²) in [7, 11) is -3.06. The Morgan fingerprint density at radius 2 is 1.53 bits per heavy atom. The van der Waals surface area contributed by atoms with E-state index < -0.39 is 15.9 Å². The Labute approximate surface area is 104 Å². The summed E-state index contributed by atoms with van der Waals surface area (Å²) in [5.41, 5.74) is 11.5. The molecule has 2 N–H and O–H groups in total. The van der Waals surface area contributed by atoms with Crippen LogP contribution in [0.15, 0.2) is 6.07 Å². The largest absolute Gasteiger partial charge is 0.323 e. The van der Waals surface area contributed by atoms with Crippen LogP contribution in [0.5, 0.6) is 0 Å². The van der Waals surface area contributed by atoms with Gasteiger partial charge in [-0.2, -0.15) is 0 Å². The predicted octanol–water partition coefficient (Wildman–Crippen LogP) is 1.96. The monoisotopic (exact) mass is 255 g/mol. The first-order chi connectivity index (χ1) is 7.63. The van der Waals surface area contributed by atoms with Crippen molar-refractivity contribution in [2.75, 3.05) is 12.0 Å². The summed E-state index contributed by atoms with van der Waals surface area (Å²) in [6.07, 6.45) is 1.22. The molecule has 1 unspecified atom stereocenters. The summed E-state index contributed by atoms with van der Waals surface area (Å²) in [5.74, 6) is -0.00241. The third-order valence-electron chi connectivity index (χ3n) is 3.28. The van der Waals surface area contributed by atoms with Gasteiger partial charge in [0, 0.05) is 12.3 Å². The van der Waals surface area contributed by atoms with Crippen LogP contribution in [0, 0.1) is 27.7 Å². The molecular weight excluding hydrogens is 234 g/mol. The molecule has 1 aromatic carbocycles. The summed E-state index contributed by atoms with van der Waals surface area (Å²) in [5, 5.41) is 0. The summed E-state index contributed by atoms with van der Waals surface area (Å²) < 4.78 is 22.7. The normalized spacial score (nSPS) is 13.8. The van der Waals surface area contributed by atoms with Crippen molar-refractivity contribution in [1.82, 2.24) is 0 Å². The summed E-state index contributed by atoms with van der Waals surface area (Å²) in [4.78, 5) is 0. The van der Waals surface area contributed by atoms with E-state index in [-0.39, 0.29) is 5.75 Å². The van der Waals surface area contributed by atoms with Gasteiger partial charge in [0.2, 0.25) is 0 Å². The van der Waals surface area contributed by atoms with E-state index in [1.54, 1.807) is 0 Å². The first-order valence-electron chi connectivity index (χ1n) is 5.64. The third kappa shape index (κ3) is 3.30. The van der Waals surface area contributed by atoms with Crippen LogP contribution in [0.1, 0.15) is 33.9 Å². The number of aryl methyl sites for hydroxylation is 2. The van der Waals surface area contributed by atoms with Gasteiger partial charge in [0.1, 0.15) is 9.84 Å². The molecule has 0 aliphatic rings. The number of hydrogen-bond donors (Lipinski definition) is 1. The molecule has 0 amide bonds. The highest BCUT2D eigenvalue weighted by atomic mass is 32.2. The molecule has 0 heterocycles. The highest BCUT2D eigenvalue weighted by Gasteiger charge is 2.19. The molecule has 17 heavy (non-hydrogen) atoms. The molecule has 0 radical (unpaired) electrons. The molecule has 1 rings (SSSR count). The van der Waals surface area contributed by atoms with Crippen LogP contribution in [-0.4, -0.2) is 20.4 Å². The Balaban J connectivity index is 3.31. The average Bonchev–Trinajstić information content (AvgIpc) is 2.12. The van der Waals surface area contributed by atoms with Gasteiger partial charge in [-0.05, 0) is 55.5 Å². The van der Waals surface area contributed by atoms with Crippen LogP contribution in [0.4, 0.5) is 0 Å². The Bertz CT molecular complexity index is 507. The van der Waals surface area contributed by atoms with Gasteiger partial charge in [0.25, 0.3) is 0 Å². The van der Waals surface area contributed by atoms with Crippen molar-refractivity contribution < 1.29 is 8.42 Å². The first kappa shape index (κ1) is 14.2. The minimum atomic E-state index is -3.06. The lowest BCUT2D eigenvalue weighted by Crippen LogP contribution is -2.23. The van der Waals surface area contributed by atoms with Gasteiger partial charge in [-0.3, -0.25) is 0 Å². The van der Waals surface area contributed by atoms with E-state index in [0.29, 0.717) is 0 Å². The van der Waals surface area contributed by atoms with E-state index in [9.17, 15) is 8.42 Å². The molecule has 0 fully saturated rings. The van der Waals surface area contributed by atoms with Crippen LogP contribution >= 0.6 is 0 Å². The molecule has 0 bridgehead atoms. The fraction of sp³-hybridized carbons (Fsp3) is 0.538. The summed E-state index contributed by atoms with van der Waals surface area (Å²) >= 11 is 0. The molecule has 3 nitrogen and oxygen atoms in total. The fourth-order valence-electron chi connectivity index (χ4n) is 2.21. The van der Waals surface area contributed by atoms with Crippen LogP contribution in [-0.2, 0) is 9.84 Å². The smallest absolute Gasteiger partial charge is 0.149 e. The number of benzene rings is 1. The minimum Gasteiger partial charge on any atom is -0.323 e. The van der Waals surface area contributed by atoms with Gasteiger partial charge in [-0.15, -0.1) is 0 Å². The Hall–Kier alpha value is -0.870. The van der Waals surface area contributed by atoms with Crippen LogP contribution in [0.3, 0.4) is 0 Å². The van der Waals surface area contributed by atoms with Gasteiger partial charge in [-0.25, -0.2) is 8.42 Å². The summed E-state index contributed by atoms with van der Waals surface area (Å²) in [6, 6.07) is 1.67. The molecule has 0 saturated heterocycles. The van der Waals surface area contributed by atoms with Crippen LogP contribution in [0.2, 0.25) is 0 Å². The van der Waals surface area contributed by atoms with Crippen molar-refractivity contribution in [2.45, 2.75) is 33.7 Å². The molecule has 0 aliphatic carbocycles. The lowest BCUT2D eigenvalue weighted by Gasteiger charge is -2.20. The van der Waals surface area contributed by atoms with Gasteiger partial charge < -0.3 is 5.73 Å². The van der Waals surface area contributed by atoms with E-state index in [1.165, 1.54) is 6.26 Å². The highest BCUT2D eigenvalue weighted by Crippen LogP contribution is 2.26. The Morgan fingerprint density at radius 1 is 1.12 bits per heavy atom. The van der Waals surface area contributed by atoms with Gasteiger partial charge >= 0.3 is 0 Å². The zero-order valence-electron chi connectivity index (χ0n) is 11.2. The van der Waals surface area contributed by atoms with Crippen LogP contribution in [0.25, 0.3) is 0 Å². The molecular formula is C13H21NO2S. The number of sulfone groups is 1. The lowest BCUT2D eigenvalue weighted by molar-refractivity contribution is 0.594. The van der Waals surface area contributed by atoms with Crippen molar-refractivity contribution in [3.8, 4) is 0 Å². The maximum atomic E-state index is 11.3. The lowest BCUT2D eigenvalue weighted by atomic mass is 9.91. The van der Waals surface area contributed by atoms with E-state index >= 15 is 0 Å². The minimum absolute atomic E-state index is 0.00241. The maximum Gasteiger partial charge on any atom is 0.149 e. The Morgan fingerprint density at radius 3 is 1.88 bits per heavy atom. The first-order valence-corrected chi connectivity index (χ1v) is 7.70. The van der Waals surface area contributed by atoms with Crippen molar-refractivity contribution in [3.63, 3.8) is 0 Å². The standard InChI is InChI=1S/C13H21NO2S/c1-8-6-9(2)11(4)13(10(8)3)12(14)7-17(5,15)16/h6,12H,7,14H2,1-5H3. The topological polar surface area (TPSA) is 60.2 Å². The molecule has 0 aromatic heterocycles. The second-order valence-corrected chi connectivity index (χ2v) is 7.06. The van der Waals surface area contributed by atoms with Crippen LogP contribution < -0.4 is 5.73 Å². The predicted molar refractivity (Wildman–Crippen MR) is 72.0 cm³/mol. The van der Waals surface area contributed by atoms with E-state index in [4.69, 9.17) is 5.73 Å². The van der Waals surface area contributed by atoms with Crippen molar-refractivity contribution in [2.24, 2.45) is 5.73 Å². The van der Waals surface area contributed by atoms with Crippen molar-refractivity contribution in [1.29, 1.82) is 0 Å². The number of rotatable bonds is 3. The Kier molecular flexibility index (Phi) is 3.99. The number of nitrogens with two attached hydrogens (primary N) is 1. The van der Waals surface area contributed by atoms with Crippen molar-refractivity contribution in [3.05, 3.63) is 33.9 Å². The SMILES string of the molecule is Cc1cc(C)c(C)c(C(N)CS(C)(=O)=O)c1C. The molecule has 0 aliphatic heterocycles.